The van der Waals surface area contributed by atoms with E-state index >= 15 is 0 Å². The third kappa shape index (κ3) is 2.40. The number of nitrogens with zero attached hydrogens (tertiary/aromatic N) is 2. The second-order valence-corrected chi connectivity index (χ2v) is 6.98. The summed E-state index contributed by atoms with van der Waals surface area (Å²) in [6.45, 7) is 8.48. The number of benzene rings is 1. The fourth-order valence-corrected chi connectivity index (χ4v) is 2.91. The number of piperidine rings is 1. The molecular formula is C17H21N3O2. The standard InChI is InChI=1S/C17H21N3O2/c1-10-12-9-11(17(2,3)4)5-6-13(12)20(19-10)14-7-8-15(21)18-16(14)22/h5-6,9,14H,7-8H2,1-4H3,(H,18,21,22). The van der Waals surface area contributed by atoms with Gasteiger partial charge in [0.2, 0.25) is 5.91 Å². The predicted octanol–water partition coefficient (Wildman–Crippen LogP) is 2.62. The number of imide groups is 1. The average molecular weight is 299 g/mol. The molecule has 1 atom stereocenters. The summed E-state index contributed by atoms with van der Waals surface area (Å²) in [5, 5.41) is 8.02. The Kier molecular flexibility index (Phi) is 3.31. The van der Waals surface area contributed by atoms with Crippen molar-refractivity contribution >= 4 is 22.7 Å². The van der Waals surface area contributed by atoms with Gasteiger partial charge in [0.05, 0.1) is 11.2 Å². The molecule has 1 aliphatic rings. The summed E-state index contributed by atoms with van der Waals surface area (Å²) in [6.07, 6.45) is 0.860. The van der Waals surface area contributed by atoms with Crippen LogP contribution in [0.25, 0.3) is 10.9 Å². The smallest absolute Gasteiger partial charge is 0.251 e. The highest BCUT2D eigenvalue weighted by molar-refractivity contribution is 6.00. The third-order valence-electron chi connectivity index (χ3n) is 4.26. The van der Waals surface area contributed by atoms with E-state index < -0.39 is 6.04 Å². The molecule has 1 unspecified atom stereocenters. The topological polar surface area (TPSA) is 64.0 Å². The minimum Gasteiger partial charge on any atom is -0.295 e. The summed E-state index contributed by atoms with van der Waals surface area (Å²) in [5.41, 5.74) is 3.16. The average Bonchev–Trinajstić information content (AvgIpc) is 2.75. The number of aryl methyl sites for hydroxylation is 1. The Morgan fingerprint density at radius 3 is 2.64 bits per heavy atom. The van der Waals surface area contributed by atoms with E-state index in [1.54, 1.807) is 4.68 Å². The first-order chi connectivity index (χ1) is 10.3. The zero-order valence-electron chi connectivity index (χ0n) is 13.4. The van der Waals surface area contributed by atoms with E-state index in [1.807, 2.05) is 13.0 Å². The number of hydrogen-bond acceptors (Lipinski definition) is 3. The van der Waals surface area contributed by atoms with Gasteiger partial charge in [0, 0.05) is 11.8 Å². The molecule has 2 amide bonds. The quantitative estimate of drug-likeness (QED) is 0.823. The second kappa shape index (κ2) is 4.93. The first-order valence-corrected chi connectivity index (χ1v) is 7.60. The maximum atomic E-state index is 12.1. The van der Waals surface area contributed by atoms with Gasteiger partial charge >= 0.3 is 0 Å². The molecule has 5 heteroatoms. The molecule has 1 N–H and O–H groups in total. The lowest BCUT2D eigenvalue weighted by Gasteiger charge is -2.22. The van der Waals surface area contributed by atoms with Gasteiger partial charge < -0.3 is 0 Å². The second-order valence-electron chi connectivity index (χ2n) is 6.98. The van der Waals surface area contributed by atoms with E-state index in [9.17, 15) is 9.59 Å². The van der Waals surface area contributed by atoms with Crippen molar-refractivity contribution in [2.75, 3.05) is 0 Å². The molecule has 1 aromatic carbocycles. The maximum absolute atomic E-state index is 12.1. The van der Waals surface area contributed by atoms with Crippen LogP contribution in [0.1, 0.15) is 50.9 Å². The first-order valence-electron chi connectivity index (χ1n) is 7.60. The fourth-order valence-electron chi connectivity index (χ4n) is 2.91. The number of carbonyl (C=O) groups excluding carboxylic acids is 2. The van der Waals surface area contributed by atoms with Gasteiger partial charge in [-0.15, -0.1) is 0 Å². The van der Waals surface area contributed by atoms with Crippen LogP contribution in [0.2, 0.25) is 0 Å². The number of carbonyl (C=O) groups is 2. The Balaban J connectivity index is 2.09. The Labute approximate surface area is 129 Å². The highest BCUT2D eigenvalue weighted by Crippen LogP contribution is 2.30. The predicted molar refractivity (Wildman–Crippen MR) is 84.6 cm³/mol. The minimum atomic E-state index is -0.408. The van der Waals surface area contributed by atoms with Crippen molar-refractivity contribution in [2.24, 2.45) is 0 Å². The molecule has 0 radical (unpaired) electrons. The van der Waals surface area contributed by atoms with E-state index in [2.05, 4.69) is 43.3 Å². The molecule has 5 nitrogen and oxygen atoms in total. The molecule has 3 rings (SSSR count). The summed E-state index contributed by atoms with van der Waals surface area (Å²) in [4.78, 5) is 23.4. The molecule has 2 heterocycles. The van der Waals surface area contributed by atoms with Gasteiger partial charge in [0.1, 0.15) is 6.04 Å². The molecular weight excluding hydrogens is 278 g/mol. The van der Waals surface area contributed by atoms with Crippen LogP contribution in [0.15, 0.2) is 18.2 Å². The Morgan fingerprint density at radius 1 is 1.27 bits per heavy atom. The van der Waals surface area contributed by atoms with E-state index in [4.69, 9.17) is 0 Å². The van der Waals surface area contributed by atoms with Crippen LogP contribution in [0, 0.1) is 6.92 Å². The molecule has 1 fully saturated rings. The number of nitrogens with one attached hydrogen (secondary N) is 1. The van der Waals surface area contributed by atoms with Gasteiger partial charge in [-0.2, -0.15) is 5.10 Å². The lowest BCUT2D eigenvalue weighted by atomic mass is 9.86. The van der Waals surface area contributed by atoms with Crippen molar-refractivity contribution in [1.82, 2.24) is 15.1 Å². The van der Waals surface area contributed by atoms with Crippen LogP contribution in [0.5, 0.6) is 0 Å². The summed E-state index contributed by atoms with van der Waals surface area (Å²) >= 11 is 0. The molecule has 1 saturated heterocycles. The van der Waals surface area contributed by atoms with Crippen molar-refractivity contribution < 1.29 is 9.59 Å². The number of hydrogen-bond donors (Lipinski definition) is 1. The highest BCUT2D eigenvalue weighted by Gasteiger charge is 2.30. The fraction of sp³-hybridized carbons (Fsp3) is 0.471. The van der Waals surface area contributed by atoms with Crippen molar-refractivity contribution in [2.45, 2.75) is 52.0 Å². The van der Waals surface area contributed by atoms with Gasteiger partial charge in [-0.25, -0.2) is 0 Å². The zero-order valence-corrected chi connectivity index (χ0v) is 13.4. The molecule has 1 aliphatic heterocycles. The number of fused-ring (bicyclic) bond motifs is 1. The summed E-state index contributed by atoms with van der Waals surface area (Å²) < 4.78 is 1.76. The molecule has 0 aliphatic carbocycles. The lowest BCUT2D eigenvalue weighted by molar-refractivity contribution is -0.135. The lowest BCUT2D eigenvalue weighted by Crippen LogP contribution is -2.42. The summed E-state index contributed by atoms with van der Waals surface area (Å²) in [5.74, 6) is -0.468. The van der Waals surface area contributed by atoms with E-state index in [-0.39, 0.29) is 17.2 Å². The third-order valence-corrected chi connectivity index (χ3v) is 4.26. The summed E-state index contributed by atoms with van der Waals surface area (Å²) in [6, 6.07) is 5.86. The number of aromatic nitrogens is 2. The minimum absolute atomic E-state index is 0.0668. The number of amides is 2. The molecule has 1 aromatic heterocycles. The van der Waals surface area contributed by atoms with E-state index in [0.717, 1.165) is 16.6 Å². The zero-order chi connectivity index (χ0) is 16.1. The SMILES string of the molecule is Cc1nn(C2CCC(=O)NC2=O)c2ccc(C(C)(C)C)cc12. The van der Waals surface area contributed by atoms with Crippen LogP contribution >= 0.6 is 0 Å². The highest BCUT2D eigenvalue weighted by atomic mass is 16.2. The molecule has 2 aromatic rings. The van der Waals surface area contributed by atoms with Crippen molar-refractivity contribution in [3.63, 3.8) is 0 Å². The Morgan fingerprint density at radius 2 is 2.00 bits per heavy atom. The molecule has 0 saturated carbocycles. The van der Waals surface area contributed by atoms with Gasteiger partial charge in [0.25, 0.3) is 5.91 Å². The monoisotopic (exact) mass is 299 g/mol. The van der Waals surface area contributed by atoms with Crippen molar-refractivity contribution in [3.8, 4) is 0 Å². The number of rotatable bonds is 1. The van der Waals surface area contributed by atoms with E-state index in [0.29, 0.717) is 12.8 Å². The normalized spacial score (nSPS) is 19.5. The van der Waals surface area contributed by atoms with Crippen LogP contribution in [-0.2, 0) is 15.0 Å². The van der Waals surface area contributed by atoms with Gasteiger partial charge in [-0.05, 0) is 36.5 Å². The molecule has 0 bridgehead atoms. The Bertz CT molecular complexity index is 768. The van der Waals surface area contributed by atoms with Crippen LogP contribution in [0.4, 0.5) is 0 Å². The van der Waals surface area contributed by atoms with Gasteiger partial charge in [-0.3, -0.25) is 19.6 Å². The molecule has 116 valence electrons. The largest absolute Gasteiger partial charge is 0.295 e. The molecule has 22 heavy (non-hydrogen) atoms. The van der Waals surface area contributed by atoms with Crippen molar-refractivity contribution in [3.05, 3.63) is 29.5 Å². The van der Waals surface area contributed by atoms with E-state index in [1.165, 1.54) is 5.56 Å². The van der Waals surface area contributed by atoms with Crippen LogP contribution < -0.4 is 5.32 Å². The van der Waals surface area contributed by atoms with Gasteiger partial charge in [-0.1, -0.05) is 26.8 Å². The first kappa shape index (κ1) is 14.8. The summed E-state index contributed by atoms with van der Waals surface area (Å²) in [7, 11) is 0. The van der Waals surface area contributed by atoms with Gasteiger partial charge in [0.15, 0.2) is 0 Å². The Hall–Kier alpha value is -2.17. The van der Waals surface area contributed by atoms with Crippen LogP contribution in [-0.4, -0.2) is 21.6 Å². The molecule has 0 spiro atoms. The maximum Gasteiger partial charge on any atom is 0.251 e. The van der Waals surface area contributed by atoms with Crippen LogP contribution in [0.3, 0.4) is 0 Å². The van der Waals surface area contributed by atoms with Crippen molar-refractivity contribution in [1.29, 1.82) is 0 Å².